The summed E-state index contributed by atoms with van der Waals surface area (Å²) in [7, 11) is 9.78. The quantitative estimate of drug-likeness (QED) is 0.216. The Labute approximate surface area is 207 Å². The molecule has 168 valence electrons. The Kier molecular flexibility index (Phi) is 12.2. The van der Waals surface area contributed by atoms with Crippen molar-refractivity contribution in [3.63, 3.8) is 0 Å². The van der Waals surface area contributed by atoms with Gasteiger partial charge in [0, 0.05) is 18.6 Å². The van der Waals surface area contributed by atoms with Gasteiger partial charge >= 0.3 is 34.8 Å². The van der Waals surface area contributed by atoms with E-state index in [0.717, 1.165) is 29.1 Å². The zero-order valence-corrected chi connectivity index (χ0v) is 22.2. The first-order valence-corrected chi connectivity index (χ1v) is 16.1. The van der Waals surface area contributed by atoms with Gasteiger partial charge in [-0.2, -0.15) is 0 Å². The van der Waals surface area contributed by atoms with Gasteiger partial charge in [0.2, 0.25) is 0 Å². The van der Waals surface area contributed by atoms with Crippen molar-refractivity contribution in [3.8, 4) is 22.6 Å². The van der Waals surface area contributed by atoms with E-state index in [4.69, 9.17) is 19.2 Å². The van der Waals surface area contributed by atoms with Crippen molar-refractivity contribution in [3.05, 3.63) is 103 Å². The van der Waals surface area contributed by atoms with Crippen LogP contribution in [0.3, 0.4) is 0 Å². The molecule has 0 saturated heterocycles. The monoisotopic (exact) mass is 643 g/mol. The molecule has 0 bridgehead atoms. The topological polar surface area (TPSA) is 38.7 Å². The van der Waals surface area contributed by atoms with E-state index in [0.29, 0.717) is 5.92 Å². The van der Waals surface area contributed by atoms with Crippen LogP contribution in [-0.4, -0.2) is 15.0 Å². The van der Waals surface area contributed by atoms with Gasteiger partial charge in [-0.05, 0) is 66.4 Å². The van der Waals surface area contributed by atoms with Crippen molar-refractivity contribution in [2.24, 2.45) is 5.92 Å². The van der Waals surface area contributed by atoms with E-state index in [9.17, 15) is 0 Å². The fraction of sp³-hybridized carbons (Fsp3) is 0.192. The van der Waals surface area contributed by atoms with Crippen molar-refractivity contribution >= 4 is 19.2 Å². The van der Waals surface area contributed by atoms with Gasteiger partial charge in [-0.15, -0.1) is 35.9 Å². The Morgan fingerprint density at radius 3 is 2.06 bits per heavy atom. The van der Waals surface area contributed by atoms with Crippen LogP contribution in [0.25, 0.3) is 22.6 Å². The first kappa shape index (κ1) is 26.2. The molecule has 3 nitrogen and oxygen atoms in total. The van der Waals surface area contributed by atoms with Crippen LogP contribution in [0.4, 0.5) is 0 Å². The number of pyridine rings is 3. The molecule has 0 aliphatic carbocycles. The van der Waals surface area contributed by atoms with Crippen LogP contribution in [0.15, 0.2) is 85.3 Å². The van der Waals surface area contributed by atoms with Crippen LogP contribution in [0.5, 0.6) is 0 Å². The fourth-order valence-electron chi connectivity index (χ4n) is 2.96. The minimum atomic E-state index is -0.556. The Balaban J connectivity index is 0.000000211. The van der Waals surface area contributed by atoms with E-state index in [1.807, 2.05) is 60.9 Å². The van der Waals surface area contributed by atoms with Gasteiger partial charge in [0.15, 0.2) is 0 Å². The summed E-state index contributed by atoms with van der Waals surface area (Å²) in [6.45, 7) is 6.53. The van der Waals surface area contributed by atoms with Crippen LogP contribution in [0.2, 0.25) is 0 Å². The molecule has 3 heterocycles. The smallest absolute Gasteiger partial charge is 0.0160 e. The maximum atomic E-state index is 4.89. The molecule has 32 heavy (non-hydrogen) atoms. The second-order valence-electron chi connectivity index (χ2n) is 7.40. The fourth-order valence-corrected chi connectivity index (χ4v) is 2.96. The van der Waals surface area contributed by atoms with Crippen LogP contribution < -0.4 is 0 Å². The molecule has 6 heteroatoms. The van der Waals surface area contributed by atoms with Crippen molar-refractivity contribution in [2.75, 3.05) is 0 Å². The van der Waals surface area contributed by atoms with Gasteiger partial charge in [0.1, 0.15) is 0 Å². The van der Waals surface area contributed by atoms with Gasteiger partial charge in [0.05, 0.1) is 11.4 Å². The molecule has 1 aromatic carbocycles. The first-order valence-electron chi connectivity index (χ1n) is 10.1. The average molecular weight is 644 g/mol. The van der Waals surface area contributed by atoms with Crippen LogP contribution in [0, 0.1) is 18.9 Å². The molecule has 0 fully saturated rings. The maximum absolute atomic E-state index is 4.89. The number of hydrogen-bond acceptors (Lipinski definition) is 3. The molecule has 3 aromatic heterocycles. The minimum absolute atomic E-state index is 0.556. The third-order valence-corrected chi connectivity index (χ3v) is 4.30. The zero-order valence-electron chi connectivity index (χ0n) is 18.3. The standard InChI is InChI=1S/C15H18N2.C11H8N.2ClH.Ir/c1-11(2)8-13-5-7-17-15(10-13)14-9-12(3)4-6-16-14;1-2-6-10(7-3-1)11-8-4-5-9-12-11;;;/h4-7,9-11H,8H2,1-3H3;1-6,8-9H;2*1H;/q;-1;;;+3/p-2. The molecule has 0 spiro atoms. The number of benzene rings is 1. The summed E-state index contributed by atoms with van der Waals surface area (Å²) < 4.78 is 0. The number of halogens is 2. The Morgan fingerprint density at radius 2 is 1.47 bits per heavy atom. The molecule has 0 N–H and O–H groups in total. The van der Waals surface area contributed by atoms with Gasteiger partial charge in [-0.25, -0.2) is 0 Å². The van der Waals surface area contributed by atoms with E-state index in [1.54, 1.807) is 6.20 Å². The van der Waals surface area contributed by atoms with Crippen LogP contribution in [0.1, 0.15) is 25.0 Å². The predicted octanol–water partition coefficient (Wildman–Crippen LogP) is 7.58. The van der Waals surface area contributed by atoms with Gasteiger partial charge in [-0.1, -0.05) is 26.0 Å². The third kappa shape index (κ3) is 9.58. The molecule has 4 aromatic rings. The number of aromatic nitrogens is 3. The average Bonchev–Trinajstić information content (AvgIpc) is 2.81. The number of hydrogen-bond donors (Lipinski definition) is 0. The zero-order chi connectivity index (χ0) is 23.2. The van der Waals surface area contributed by atoms with Crippen LogP contribution >= 0.6 is 19.2 Å². The predicted molar refractivity (Wildman–Crippen MR) is 131 cm³/mol. The third-order valence-electron chi connectivity index (χ3n) is 4.30. The summed E-state index contributed by atoms with van der Waals surface area (Å²) in [6.07, 6.45) is 6.58. The van der Waals surface area contributed by atoms with E-state index in [1.165, 1.54) is 11.1 Å². The van der Waals surface area contributed by atoms with Crippen LogP contribution in [-0.2, 0) is 22.1 Å². The normalized spacial score (nSPS) is 10.1. The molecule has 0 unspecified atom stereocenters. The summed E-state index contributed by atoms with van der Waals surface area (Å²) in [5, 5.41) is 0. The number of nitrogens with zero attached hydrogens (tertiary/aromatic N) is 3. The number of rotatable bonds is 4. The molecule has 4 rings (SSSR count). The van der Waals surface area contributed by atoms with E-state index in [-0.39, 0.29) is 0 Å². The molecule has 0 aliphatic rings. The van der Waals surface area contributed by atoms with Gasteiger partial charge in [-0.3, -0.25) is 9.97 Å². The maximum Gasteiger partial charge on any atom is 0.0160 e. The van der Waals surface area contributed by atoms with Crippen molar-refractivity contribution < 1.29 is 15.7 Å². The molecule has 0 saturated carbocycles. The summed E-state index contributed by atoms with van der Waals surface area (Å²) in [4.78, 5) is 13.0. The van der Waals surface area contributed by atoms with Gasteiger partial charge < -0.3 is 4.98 Å². The minimum Gasteiger partial charge on any atom is -0.305 e. The summed E-state index contributed by atoms with van der Waals surface area (Å²) >= 11 is -0.556. The summed E-state index contributed by atoms with van der Waals surface area (Å²) in [6, 6.07) is 25.1. The van der Waals surface area contributed by atoms with Crippen molar-refractivity contribution in [1.82, 2.24) is 15.0 Å². The molecule has 0 radical (unpaired) electrons. The van der Waals surface area contributed by atoms with Gasteiger partial charge in [0.25, 0.3) is 0 Å². The Bertz CT molecular complexity index is 1010. The Hall–Kier alpha value is -2.10. The first-order chi connectivity index (χ1) is 15.5. The summed E-state index contributed by atoms with van der Waals surface area (Å²) in [5.41, 5.74) is 6.47. The van der Waals surface area contributed by atoms with E-state index in [2.05, 4.69) is 60.0 Å². The van der Waals surface area contributed by atoms with E-state index < -0.39 is 15.7 Å². The molecule has 0 atom stereocenters. The van der Waals surface area contributed by atoms with Crippen molar-refractivity contribution in [2.45, 2.75) is 27.2 Å². The second kappa shape index (κ2) is 14.9. The molecular weight excluding hydrogens is 617 g/mol. The molecular formula is C26H26Cl2IrN3. The largest absolute Gasteiger partial charge is 0.305 e. The van der Waals surface area contributed by atoms with Crippen molar-refractivity contribution in [1.29, 1.82) is 0 Å². The Morgan fingerprint density at radius 1 is 0.812 bits per heavy atom. The summed E-state index contributed by atoms with van der Waals surface area (Å²) in [5.74, 6) is 0.663. The second-order valence-corrected chi connectivity index (χ2v) is 10.9. The SMILES string of the molecule is Cc1ccnc(-c2cc(CC(C)C)ccn2)c1.[Cl][Ir+][Cl].[c-]1ccccc1-c1ccccn1. The molecule has 0 aliphatic heterocycles. The number of aryl methyl sites for hydroxylation is 1. The van der Waals surface area contributed by atoms with E-state index >= 15 is 0 Å². The molecule has 0 amide bonds.